The van der Waals surface area contributed by atoms with Crippen LogP contribution in [0.2, 0.25) is 0 Å². The summed E-state index contributed by atoms with van der Waals surface area (Å²) in [6, 6.07) is 7.43. The van der Waals surface area contributed by atoms with Crippen LogP contribution in [-0.4, -0.2) is 25.8 Å². The Kier molecular flexibility index (Phi) is 4.34. The Morgan fingerprint density at radius 1 is 1.07 bits per heavy atom. The topological polar surface area (TPSA) is 158 Å². The van der Waals surface area contributed by atoms with Crippen molar-refractivity contribution >= 4 is 28.2 Å². The lowest BCUT2D eigenvalue weighted by Gasteiger charge is -2.05. The number of esters is 1. The van der Waals surface area contributed by atoms with Crippen LogP contribution in [0.5, 0.6) is 5.75 Å². The van der Waals surface area contributed by atoms with Crippen LogP contribution >= 0.6 is 0 Å². The molecule has 136 valence electrons. The molecule has 0 saturated heterocycles. The van der Waals surface area contributed by atoms with Crippen LogP contribution in [0.15, 0.2) is 41.2 Å². The maximum Gasteiger partial charge on any atom is 0.346 e. The summed E-state index contributed by atoms with van der Waals surface area (Å²) in [7, 11) is 0. The third kappa shape index (κ3) is 3.46. The van der Waals surface area contributed by atoms with Crippen molar-refractivity contribution in [3.8, 4) is 17.1 Å². The summed E-state index contributed by atoms with van der Waals surface area (Å²) in [5, 5.41) is 22.1. The van der Waals surface area contributed by atoms with Gasteiger partial charge in [-0.05, 0) is 24.3 Å². The number of benzene rings is 2. The number of carbonyl (C=O) groups excluding carboxylic acids is 1. The molecule has 3 aromatic rings. The van der Waals surface area contributed by atoms with Gasteiger partial charge in [0.25, 0.3) is 5.56 Å². The number of hydrogen-bond donors (Lipinski definition) is 1. The van der Waals surface area contributed by atoms with Crippen molar-refractivity contribution in [3.63, 3.8) is 0 Å². The maximum absolute atomic E-state index is 12.3. The Labute approximate surface area is 149 Å². The van der Waals surface area contributed by atoms with E-state index in [9.17, 15) is 29.8 Å². The first-order valence-electron chi connectivity index (χ1n) is 7.42. The molecule has 0 aliphatic heterocycles. The summed E-state index contributed by atoms with van der Waals surface area (Å²) in [6.45, 7) is 1.22. The van der Waals surface area contributed by atoms with E-state index in [1.807, 2.05) is 0 Å². The molecule has 0 amide bonds. The number of H-pyrrole nitrogens is 1. The SMILES string of the molecule is CC(=O)Oc1ccc2nc(-c3ccc([N+](=O)[O-])c([N+](=O)[O-])c3)[nH]c(=O)c2c1. The van der Waals surface area contributed by atoms with Crippen molar-refractivity contribution in [2.75, 3.05) is 0 Å². The molecule has 0 atom stereocenters. The van der Waals surface area contributed by atoms with Gasteiger partial charge in [-0.15, -0.1) is 0 Å². The molecule has 3 rings (SSSR count). The van der Waals surface area contributed by atoms with Crippen LogP contribution in [0.1, 0.15) is 6.92 Å². The van der Waals surface area contributed by atoms with E-state index in [-0.39, 0.29) is 28.0 Å². The molecule has 2 aromatic carbocycles. The molecule has 0 aliphatic rings. The second kappa shape index (κ2) is 6.63. The molecular formula is C16H10N4O7. The Morgan fingerprint density at radius 2 is 1.78 bits per heavy atom. The van der Waals surface area contributed by atoms with E-state index in [0.29, 0.717) is 0 Å². The summed E-state index contributed by atoms with van der Waals surface area (Å²) in [6.07, 6.45) is 0. The Hall–Kier alpha value is -4.15. The number of aromatic nitrogens is 2. The molecule has 11 heteroatoms. The predicted octanol–water partition coefficient (Wildman–Crippen LogP) is 2.33. The van der Waals surface area contributed by atoms with Crippen LogP contribution in [-0.2, 0) is 4.79 Å². The summed E-state index contributed by atoms with van der Waals surface area (Å²) in [5.41, 5.74) is -1.56. The number of carbonyl (C=O) groups is 1. The third-order valence-electron chi connectivity index (χ3n) is 3.58. The second-order valence-electron chi connectivity index (χ2n) is 5.40. The van der Waals surface area contributed by atoms with Gasteiger partial charge in [-0.25, -0.2) is 4.98 Å². The number of nitro benzene ring substituents is 2. The first kappa shape index (κ1) is 17.7. The van der Waals surface area contributed by atoms with Crippen molar-refractivity contribution in [1.82, 2.24) is 9.97 Å². The van der Waals surface area contributed by atoms with Gasteiger partial charge < -0.3 is 9.72 Å². The van der Waals surface area contributed by atoms with E-state index >= 15 is 0 Å². The quantitative estimate of drug-likeness (QED) is 0.317. The van der Waals surface area contributed by atoms with Crippen molar-refractivity contribution in [3.05, 3.63) is 67.0 Å². The van der Waals surface area contributed by atoms with Crippen molar-refractivity contribution in [1.29, 1.82) is 0 Å². The van der Waals surface area contributed by atoms with E-state index in [1.165, 1.54) is 31.2 Å². The highest BCUT2D eigenvalue weighted by Gasteiger charge is 2.25. The molecule has 27 heavy (non-hydrogen) atoms. The number of nitrogens with one attached hydrogen (secondary N) is 1. The lowest BCUT2D eigenvalue weighted by Crippen LogP contribution is -2.10. The molecule has 0 fully saturated rings. The van der Waals surface area contributed by atoms with E-state index in [2.05, 4.69) is 9.97 Å². The number of aromatic amines is 1. The van der Waals surface area contributed by atoms with Gasteiger partial charge in [0.05, 0.1) is 20.7 Å². The standard InChI is InChI=1S/C16H10N4O7/c1-8(21)27-10-3-4-12-11(7-10)16(22)18-15(17-12)9-2-5-13(19(23)24)14(6-9)20(25)26/h2-7H,1H3,(H,17,18,22). The first-order valence-corrected chi connectivity index (χ1v) is 7.42. The molecule has 0 radical (unpaired) electrons. The van der Waals surface area contributed by atoms with Crippen molar-refractivity contribution in [2.24, 2.45) is 0 Å². The molecule has 1 N–H and O–H groups in total. The monoisotopic (exact) mass is 370 g/mol. The van der Waals surface area contributed by atoms with Gasteiger partial charge in [-0.2, -0.15) is 0 Å². The lowest BCUT2D eigenvalue weighted by atomic mass is 10.1. The largest absolute Gasteiger partial charge is 0.427 e. The first-order chi connectivity index (χ1) is 12.8. The third-order valence-corrected chi connectivity index (χ3v) is 3.58. The average molecular weight is 370 g/mol. The molecule has 0 unspecified atom stereocenters. The fraction of sp³-hybridized carbons (Fsp3) is 0.0625. The van der Waals surface area contributed by atoms with Crippen molar-refractivity contribution < 1.29 is 19.4 Å². The van der Waals surface area contributed by atoms with Crippen LogP contribution in [0, 0.1) is 20.2 Å². The zero-order valence-electron chi connectivity index (χ0n) is 13.7. The zero-order valence-corrected chi connectivity index (χ0v) is 13.7. The molecule has 0 saturated carbocycles. The number of hydrogen-bond acceptors (Lipinski definition) is 8. The number of nitro groups is 2. The molecule has 1 heterocycles. The van der Waals surface area contributed by atoms with Crippen LogP contribution in [0.25, 0.3) is 22.3 Å². The van der Waals surface area contributed by atoms with E-state index in [1.54, 1.807) is 0 Å². The molecule has 0 aliphatic carbocycles. The van der Waals surface area contributed by atoms with E-state index in [0.717, 1.165) is 12.1 Å². The normalized spacial score (nSPS) is 10.6. The predicted molar refractivity (Wildman–Crippen MR) is 92.4 cm³/mol. The van der Waals surface area contributed by atoms with Crippen LogP contribution in [0.3, 0.4) is 0 Å². The minimum Gasteiger partial charge on any atom is -0.427 e. The fourth-order valence-electron chi connectivity index (χ4n) is 2.46. The maximum atomic E-state index is 12.3. The van der Waals surface area contributed by atoms with Gasteiger partial charge >= 0.3 is 17.3 Å². The molecule has 0 bridgehead atoms. The van der Waals surface area contributed by atoms with Crippen molar-refractivity contribution in [2.45, 2.75) is 6.92 Å². The molecule has 0 spiro atoms. The fourth-order valence-corrected chi connectivity index (χ4v) is 2.46. The number of ether oxygens (including phenoxy) is 1. The molecule has 11 nitrogen and oxygen atoms in total. The van der Waals surface area contributed by atoms with Gasteiger partial charge in [0.1, 0.15) is 11.6 Å². The lowest BCUT2D eigenvalue weighted by molar-refractivity contribution is -0.422. The van der Waals surface area contributed by atoms with Crippen LogP contribution < -0.4 is 10.3 Å². The number of fused-ring (bicyclic) bond motifs is 1. The summed E-state index contributed by atoms with van der Waals surface area (Å²) < 4.78 is 4.91. The molecule has 1 aromatic heterocycles. The minimum atomic E-state index is -0.883. The zero-order chi connectivity index (χ0) is 19.7. The average Bonchev–Trinajstić information content (AvgIpc) is 2.61. The van der Waals surface area contributed by atoms with E-state index < -0.39 is 32.7 Å². The summed E-state index contributed by atoms with van der Waals surface area (Å²) in [4.78, 5) is 50.2. The number of nitrogens with zero attached hydrogens (tertiary/aromatic N) is 3. The van der Waals surface area contributed by atoms with Crippen LogP contribution in [0.4, 0.5) is 11.4 Å². The van der Waals surface area contributed by atoms with Gasteiger partial charge in [-0.1, -0.05) is 0 Å². The highest BCUT2D eigenvalue weighted by molar-refractivity contribution is 5.82. The minimum absolute atomic E-state index is 0.00531. The Balaban J connectivity index is 2.14. The number of rotatable bonds is 4. The summed E-state index contributed by atoms with van der Waals surface area (Å²) in [5.74, 6) is -0.375. The van der Waals surface area contributed by atoms with Gasteiger partial charge in [0.2, 0.25) is 0 Å². The molecular weight excluding hydrogens is 360 g/mol. The van der Waals surface area contributed by atoms with Gasteiger partial charge in [0.15, 0.2) is 0 Å². The highest BCUT2D eigenvalue weighted by Crippen LogP contribution is 2.31. The Bertz CT molecular complexity index is 1170. The van der Waals surface area contributed by atoms with Gasteiger partial charge in [-0.3, -0.25) is 29.8 Å². The second-order valence-corrected chi connectivity index (χ2v) is 5.40. The van der Waals surface area contributed by atoms with Gasteiger partial charge in [0, 0.05) is 24.6 Å². The Morgan fingerprint density at radius 3 is 2.41 bits per heavy atom. The van der Waals surface area contributed by atoms with E-state index in [4.69, 9.17) is 4.74 Å². The summed E-state index contributed by atoms with van der Waals surface area (Å²) >= 11 is 0. The highest BCUT2D eigenvalue weighted by atomic mass is 16.6. The smallest absolute Gasteiger partial charge is 0.346 e.